The van der Waals surface area contributed by atoms with Crippen LogP contribution < -0.4 is 5.32 Å². The molecule has 0 spiro atoms. The summed E-state index contributed by atoms with van der Waals surface area (Å²) in [4.78, 5) is 16.2. The van der Waals surface area contributed by atoms with Crippen molar-refractivity contribution in [1.29, 1.82) is 0 Å². The zero-order valence-corrected chi connectivity index (χ0v) is 9.06. The van der Waals surface area contributed by atoms with Gasteiger partial charge in [-0.3, -0.25) is 4.79 Å². The second-order valence-electron chi connectivity index (χ2n) is 3.64. The first-order valence-electron chi connectivity index (χ1n) is 4.95. The van der Waals surface area contributed by atoms with Crippen molar-refractivity contribution in [2.24, 2.45) is 0 Å². The van der Waals surface area contributed by atoms with E-state index in [0.29, 0.717) is 5.92 Å². The maximum atomic E-state index is 11.1. The van der Waals surface area contributed by atoms with Gasteiger partial charge in [-0.05, 0) is 25.9 Å². The van der Waals surface area contributed by atoms with Crippen LogP contribution >= 0.6 is 11.3 Å². The Morgan fingerprint density at radius 2 is 2.29 bits per heavy atom. The summed E-state index contributed by atoms with van der Waals surface area (Å²) in [7, 11) is 0. The van der Waals surface area contributed by atoms with Crippen LogP contribution in [-0.4, -0.2) is 23.9 Å². The fourth-order valence-electron chi connectivity index (χ4n) is 1.71. The molecule has 2 heterocycles. The van der Waals surface area contributed by atoms with E-state index >= 15 is 0 Å². The molecule has 76 valence electrons. The molecule has 0 radical (unpaired) electrons. The van der Waals surface area contributed by atoms with E-state index in [0.717, 1.165) is 35.8 Å². The number of ketones is 1. The van der Waals surface area contributed by atoms with Crippen molar-refractivity contribution < 1.29 is 4.79 Å². The van der Waals surface area contributed by atoms with Crippen LogP contribution in [0.1, 0.15) is 40.4 Å². The van der Waals surface area contributed by atoms with Crippen molar-refractivity contribution in [2.75, 3.05) is 13.1 Å². The molecule has 2 rings (SSSR count). The Morgan fingerprint density at radius 3 is 2.86 bits per heavy atom. The van der Waals surface area contributed by atoms with Gasteiger partial charge in [-0.2, -0.15) is 0 Å². The summed E-state index contributed by atoms with van der Waals surface area (Å²) in [5, 5.41) is 4.46. The van der Waals surface area contributed by atoms with E-state index in [-0.39, 0.29) is 5.78 Å². The standard InChI is InChI=1S/C10H14N2OS/c1-7(13)9-6-12-10(14-9)8-2-4-11-5-3-8/h6,8,11H,2-5H2,1H3. The Kier molecular flexibility index (Phi) is 2.93. The lowest BCUT2D eigenvalue weighted by Gasteiger charge is -2.20. The predicted octanol–water partition coefficient (Wildman–Crippen LogP) is 1.81. The highest BCUT2D eigenvalue weighted by Gasteiger charge is 2.18. The van der Waals surface area contributed by atoms with Crippen LogP contribution in [0.15, 0.2) is 6.20 Å². The van der Waals surface area contributed by atoms with Gasteiger partial charge in [0.1, 0.15) is 0 Å². The van der Waals surface area contributed by atoms with E-state index in [9.17, 15) is 4.79 Å². The first kappa shape index (κ1) is 9.80. The molecule has 1 fully saturated rings. The zero-order valence-electron chi connectivity index (χ0n) is 8.25. The van der Waals surface area contributed by atoms with Crippen LogP contribution in [0.2, 0.25) is 0 Å². The van der Waals surface area contributed by atoms with Gasteiger partial charge in [0, 0.05) is 19.0 Å². The summed E-state index contributed by atoms with van der Waals surface area (Å²) in [5.41, 5.74) is 0. The summed E-state index contributed by atoms with van der Waals surface area (Å²) in [6, 6.07) is 0. The Labute approximate surface area is 87.6 Å². The van der Waals surface area contributed by atoms with E-state index in [1.54, 1.807) is 24.5 Å². The number of Topliss-reactive ketones (excluding diaryl/α,β-unsaturated/α-hetero) is 1. The van der Waals surface area contributed by atoms with Crippen molar-refractivity contribution in [3.05, 3.63) is 16.1 Å². The summed E-state index contributed by atoms with van der Waals surface area (Å²) in [6.07, 6.45) is 4.00. The third-order valence-electron chi connectivity index (χ3n) is 2.56. The van der Waals surface area contributed by atoms with Gasteiger partial charge in [-0.15, -0.1) is 11.3 Å². The van der Waals surface area contributed by atoms with Crippen LogP contribution in [0.3, 0.4) is 0 Å². The molecule has 1 aromatic rings. The minimum Gasteiger partial charge on any atom is -0.317 e. The minimum absolute atomic E-state index is 0.127. The van der Waals surface area contributed by atoms with Crippen LogP contribution in [0, 0.1) is 0 Å². The van der Waals surface area contributed by atoms with Crippen molar-refractivity contribution in [3.63, 3.8) is 0 Å². The normalized spacial score (nSPS) is 18.4. The molecule has 1 aliphatic heterocycles. The summed E-state index contributed by atoms with van der Waals surface area (Å²) < 4.78 is 0. The number of rotatable bonds is 2. The fourth-order valence-corrected chi connectivity index (χ4v) is 2.69. The molecule has 3 nitrogen and oxygen atoms in total. The van der Waals surface area contributed by atoms with Gasteiger partial charge >= 0.3 is 0 Å². The smallest absolute Gasteiger partial charge is 0.171 e. The van der Waals surface area contributed by atoms with Gasteiger partial charge in [0.15, 0.2) is 5.78 Å². The Hall–Kier alpha value is -0.740. The minimum atomic E-state index is 0.127. The monoisotopic (exact) mass is 210 g/mol. The lowest BCUT2D eigenvalue weighted by molar-refractivity contribution is 0.102. The molecule has 1 aromatic heterocycles. The number of carbonyl (C=O) groups excluding carboxylic acids is 1. The number of nitrogens with one attached hydrogen (secondary N) is 1. The molecule has 14 heavy (non-hydrogen) atoms. The van der Waals surface area contributed by atoms with Crippen LogP contribution in [0.4, 0.5) is 0 Å². The Morgan fingerprint density at radius 1 is 1.57 bits per heavy atom. The molecule has 0 aromatic carbocycles. The molecule has 0 unspecified atom stereocenters. The number of piperidine rings is 1. The summed E-state index contributed by atoms with van der Waals surface area (Å²) in [6.45, 7) is 3.74. The first-order chi connectivity index (χ1) is 6.77. The number of hydrogen-bond donors (Lipinski definition) is 1. The maximum Gasteiger partial charge on any atom is 0.171 e. The highest BCUT2D eigenvalue weighted by Crippen LogP contribution is 2.28. The molecular weight excluding hydrogens is 196 g/mol. The second kappa shape index (κ2) is 4.19. The Bertz CT molecular complexity index is 329. The molecule has 1 N–H and O–H groups in total. The first-order valence-corrected chi connectivity index (χ1v) is 5.76. The third-order valence-corrected chi connectivity index (χ3v) is 3.82. The van der Waals surface area contributed by atoms with Crippen LogP contribution in [-0.2, 0) is 0 Å². The van der Waals surface area contributed by atoms with Crippen LogP contribution in [0.25, 0.3) is 0 Å². The molecule has 0 aliphatic carbocycles. The van der Waals surface area contributed by atoms with Crippen molar-refractivity contribution in [1.82, 2.24) is 10.3 Å². The summed E-state index contributed by atoms with van der Waals surface area (Å²) >= 11 is 1.56. The largest absolute Gasteiger partial charge is 0.317 e. The summed E-state index contributed by atoms with van der Waals surface area (Å²) in [5.74, 6) is 0.692. The van der Waals surface area contributed by atoms with Crippen LogP contribution in [0.5, 0.6) is 0 Å². The van der Waals surface area contributed by atoms with E-state index in [4.69, 9.17) is 0 Å². The van der Waals surface area contributed by atoms with Crippen molar-refractivity contribution >= 4 is 17.1 Å². The molecule has 0 saturated carbocycles. The zero-order chi connectivity index (χ0) is 9.97. The van der Waals surface area contributed by atoms with Gasteiger partial charge in [-0.1, -0.05) is 0 Å². The van der Waals surface area contributed by atoms with Gasteiger partial charge < -0.3 is 5.32 Å². The molecule has 1 saturated heterocycles. The molecule has 4 heteroatoms. The molecular formula is C10H14N2OS. The van der Waals surface area contributed by atoms with Gasteiger partial charge in [0.25, 0.3) is 0 Å². The lowest BCUT2D eigenvalue weighted by Crippen LogP contribution is -2.26. The van der Waals surface area contributed by atoms with Gasteiger partial charge in [-0.25, -0.2) is 4.98 Å². The number of nitrogens with zero attached hydrogens (tertiary/aromatic N) is 1. The van der Waals surface area contributed by atoms with Gasteiger partial charge in [0.05, 0.1) is 9.88 Å². The second-order valence-corrected chi connectivity index (χ2v) is 4.71. The van der Waals surface area contributed by atoms with Gasteiger partial charge in [0.2, 0.25) is 0 Å². The number of hydrogen-bond acceptors (Lipinski definition) is 4. The van der Waals surface area contributed by atoms with E-state index in [1.165, 1.54) is 0 Å². The predicted molar refractivity (Wildman–Crippen MR) is 57.0 cm³/mol. The number of aromatic nitrogens is 1. The molecule has 0 amide bonds. The topological polar surface area (TPSA) is 42.0 Å². The quantitative estimate of drug-likeness (QED) is 0.757. The SMILES string of the molecule is CC(=O)c1cnc(C2CCNCC2)s1. The average molecular weight is 210 g/mol. The average Bonchev–Trinajstić information content (AvgIpc) is 2.68. The van der Waals surface area contributed by atoms with E-state index in [1.807, 2.05) is 0 Å². The Balaban J connectivity index is 2.11. The molecule has 0 bridgehead atoms. The highest BCUT2D eigenvalue weighted by molar-refractivity contribution is 7.13. The maximum absolute atomic E-state index is 11.1. The third kappa shape index (κ3) is 2.01. The van der Waals surface area contributed by atoms with E-state index < -0.39 is 0 Å². The van der Waals surface area contributed by atoms with E-state index in [2.05, 4.69) is 10.3 Å². The number of thiazole rings is 1. The fraction of sp³-hybridized carbons (Fsp3) is 0.600. The van der Waals surface area contributed by atoms with Crippen molar-refractivity contribution in [2.45, 2.75) is 25.7 Å². The number of carbonyl (C=O) groups is 1. The molecule has 1 aliphatic rings. The van der Waals surface area contributed by atoms with Crippen molar-refractivity contribution in [3.8, 4) is 0 Å². The molecule has 0 atom stereocenters. The highest BCUT2D eigenvalue weighted by atomic mass is 32.1. The lowest BCUT2D eigenvalue weighted by atomic mass is 9.99.